The third kappa shape index (κ3) is 9.52. The van der Waals surface area contributed by atoms with Gasteiger partial charge in [0.25, 0.3) is 0 Å². The molecule has 3 heteroatoms. The number of amides is 1. The van der Waals surface area contributed by atoms with E-state index in [4.69, 9.17) is 5.73 Å². The molecule has 0 spiro atoms. The van der Waals surface area contributed by atoms with Crippen molar-refractivity contribution in [3.63, 3.8) is 0 Å². The van der Waals surface area contributed by atoms with Gasteiger partial charge in [-0.05, 0) is 19.8 Å². The Morgan fingerprint density at radius 3 is 2.64 bits per heavy atom. The van der Waals surface area contributed by atoms with E-state index in [1.165, 1.54) is 12.8 Å². The predicted octanol–water partition coefficient (Wildman–Crippen LogP) is 1.81. The quantitative estimate of drug-likeness (QED) is 0.587. The van der Waals surface area contributed by atoms with Crippen LogP contribution in [0.1, 0.15) is 52.4 Å². The molecule has 0 saturated heterocycles. The van der Waals surface area contributed by atoms with E-state index in [2.05, 4.69) is 12.2 Å². The molecule has 0 fully saturated rings. The van der Waals surface area contributed by atoms with Gasteiger partial charge in [-0.3, -0.25) is 4.79 Å². The molecule has 0 aromatic heterocycles. The van der Waals surface area contributed by atoms with Crippen LogP contribution in [0.3, 0.4) is 0 Å². The van der Waals surface area contributed by atoms with E-state index < -0.39 is 0 Å². The zero-order valence-corrected chi connectivity index (χ0v) is 9.51. The summed E-state index contributed by atoms with van der Waals surface area (Å²) in [6, 6.07) is 0.176. The molecule has 1 atom stereocenters. The Bertz CT molecular complexity index is 146. The van der Waals surface area contributed by atoms with Crippen molar-refractivity contribution in [1.82, 2.24) is 5.32 Å². The zero-order valence-electron chi connectivity index (χ0n) is 9.51. The van der Waals surface area contributed by atoms with E-state index >= 15 is 0 Å². The Morgan fingerprint density at radius 1 is 1.36 bits per heavy atom. The monoisotopic (exact) mass is 200 g/mol. The van der Waals surface area contributed by atoms with Crippen molar-refractivity contribution in [3.8, 4) is 0 Å². The van der Waals surface area contributed by atoms with Gasteiger partial charge in [0.1, 0.15) is 0 Å². The number of hydrogen-bond donors (Lipinski definition) is 2. The molecule has 0 aromatic rings. The van der Waals surface area contributed by atoms with Gasteiger partial charge in [-0.15, -0.1) is 0 Å². The summed E-state index contributed by atoms with van der Waals surface area (Å²) < 4.78 is 0. The van der Waals surface area contributed by atoms with Gasteiger partial charge < -0.3 is 11.1 Å². The first kappa shape index (κ1) is 13.4. The number of nitrogens with one attached hydrogen (secondary N) is 1. The SMILES string of the molecule is CCCCCCC(=O)NCCC(C)N. The minimum atomic E-state index is 0.168. The van der Waals surface area contributed by atoms with Crippen molar-refractivity contribution < 1.29 is 4.79 Å². The zero-order chi connectivity index (χ0) is 10.8. The molecule has 14 heavy (non-hydrogen) atoms. The second kappa shape index (κ2) is 9.00. The maximum atomic E-state index is 11.2. The fraction of sp³-hybridized carbons (Fsp3) is 0.909. The van der Waals surface area contributed by atoms with Gasteiger partial charge in [-0.2, -0.15) is 0 Å². The average molecular weight is 200 g/mol. The minimum absolute atomic E-state index is 0.168. The number of nitrogens with two attached hydrogens (primary N) is 1. The fourth-order valence-corrected chi connectivity index (χ4v) is 1.24. The number of carbonyl (C=O) groups excluding carboxylic acids is 1. The summed E-state index contributed by atoms with van der Waals surface area (Å²) in [5.74, 6) is 0.168. The van der Waals surface area contributed by atoms with Crippen molar-refractivity contribution >= 4 is 5.91 Å². The summed E-state index contributed by atoms with van der Waals surface area (Å²) in [4.78, 5) is 11.2. The third-order valence-electron chi connectivity index (χ3n) is 2.18. The molecule has 0 heterocycles. The second-order valence-electron chi connectivity index (χ2n) is 3.93. The van der Waals surface area contributed by atoms with Crippen molar-refractivity contribution in [2.45, 2.75) is 58.4 Å². The highest BCUT2D eigenvalue weighted by Crippen LogP contribution is 2.01. The Hall–Kier alpha value is -0.570. The van der Waals surface area contributed by atoms with Gasteiger partial charge in [-0.1, -0.05) is 26.2 Å². The highest BCUT2D eigenvalue weighted by atomic mass is 16.1. The molecular weight excluding hydrogens is 176 g/mol. The number of hydrogen-bond acceptors (Lipinski definition) is 2. The Labute approximate surface area is 87.4 Å². The largest absolute Gasteiger partial charge is 0.356 e. The highest BCUT2D eigenvalue weighted by Gasteiger charge is 2.00. The van der Waals surface area contributed by atoms with Crippen LogP contribution in [0, 0.1) is 0 Å². The molecule has 0 saturated carbocycles. The van der Waals surface area contributed by atoms with Crippen LogP contribution in [0.15, 0.2) is 0 Å². The summed E-state index contributed by atoms with van der Waals surface area (Å²) in [7, 11) is 0. The summed E-state index contributed by atoms with van der Waals surface area (Å²) in [6.45, 7) is 4.83. The third-order valence-corrected chi connectivity index (χ3v) is 2.18. The van der Waals surface area contributed by atoms with Crippen LogP contribution in [0.2, 0.25) is 0 Å². The summed E-state index contributed by atoms with van der Waals surface area (Å²) in [5.41, 5.74) is 5.57. The van der Waals surface area contributed by atoms with Crippen molar-refractivity contribution in [1.29, 1.82) is 0 Å². The molecule has 1 unspecified atom stereocenters. The molecule has 1 amide bonds. The van der Waals surface area contributed by atoms with Gasteiger partial charge in [-0.25, -0.2) is 0 Å². The maximum Gasteiger partial charge on any atom is 0.219 e. The van der Waals surface area contributed by atoms with Crippen LogP contribution in [0.4, 0.5) is 0 Å². The summed E-state index contributed by atoms with van der Waals surface area (Å²) in [6.07, 6.45) is 6.15. The van der Waals surface area contributed by atoms with Gasteiger partial charge in [0.05, 0.1) is 0 Å². The number of unbranched alkanes of at least 4 members (excludes halogenated alkanes) is 3. The van der Waals surface area contributed by atoms with E-state index in [0.717, 1.165) is 19.3 Å². The summed E-state index contributed by atoms with van der Waals surface area (Å²) >= 11 is 0. The molecule has 84 valence electrons. The molecule has 0 aliphatic carbocycles. The summed E-state index contributed by atoms with van der Waals surface area (Å²) in [5, 5.41) is 2.87. The molecule has 0 aromatic carbocycles. The van der Waals surface area contributed by atoms with E-state index in [0.29, 0.717) is 13.0 Å². The first-order chi connectivity index (χ1) is 6.66. The highest BCUT2D eigenvalue weighted by molar-refractivity contribution is 5.75. The van der Waals surface area contributed by atoms with E-state index in [9.17, 15) is 4.79 Å². The smallest absolute Gasteiger partial charge is 0.219 e. The lowest BCUT2D eigenvalue weighted by Crippen LogP contribution is -2.28. The standard InChI is InChI=1S/C11H24N2O/c1-3-4-5-6-7-11(14)13-9-8-10(2)12/h10H,3-9,12H2,1-2H3,(H,13,14). The van der Waals surface area contributed by atoms with Gasteiger partial charge in [0.15, 0.2) is 0 Å². The molecule has 0 aliphatic heterocycles. The first-order valence-corrected chi connectivity index (χ1v) is 5.69. The van der Waals surface area contributed by atoms with Crippen LogP contribution < -0.4 is 11.1 Å². The molecular formula is C11H24N2O. The van der Waals surface area contributed by atoms with Crippen molar-refractivity contribution in [2.75, 3.05) is 6.54 Å². The van der Waals surface area contributed by atoms with E-state index in [1.807, 2.05) is 6.92 Å². The normalized spacial score (nSPS) is 12.5. The molecule has 0 rings (SSSR count). The Kier molecular flexibility index (Phi) is 8.64. The van der Waals surface area contributed by atoms with Crippen LogP contribution in [0.5, 0.6) is 0 Å². The van der Waals surface area contributed by atoms with Crippen LogP contribution in [-0.2, 0) is 4.79 Å². The van der Waals surface area contributed by atoms with E-state index in [-0.39, 0.29) is 11.9 Å². The first-order valence-electron chi connectivity index (χ1n) is 5.69. The van der Waals surface area contributed by atoms with Gasteiger partial charge in [0.2, 0.25) is 5.91 Å². The van der Waals surface area contributed by atoms with Crippen LogP contribution >= 0.6 is 0 Å². The van der Waals surface area contributed by atoms with Crippen molar-refractivity contribution in [3.05, 3.63) is 0 Å². The van der Waals surface area contributed by atoms with Crippen LogP contribution in [0.25, 0.3) is 0 Å². The van der Waals surface area contributed by atoms with Crippen molar-refractivity contribution in [2.24, 2.45) is 5.73 Å². The lowest BCUT2D eigenvalue weighted by molar-refractivity contribution is -0.121. The molecule has 0 radical (unpaired) electrons. The van der Waals surface area contributed by atoms with Crippen LogP contribution in [-0.4, -0.2) is 18.5 Å². The predicted molar refractivity (Wildman–Crippen MR) is 60.0 cm³/mol. The Balaban J connectivity index is 3.20. The molecule has 0 aliphatic rings. The Morgan fingerprint density at radius 2 is 2.07 bits per heavy atom. The average Bonchev–Trinajstić information content (AvgIpc) is 2.12. The topological polar surface area (TPSA) is 55.1 Å². The molecule has 3 nitrogen and oxygen atoms in total. The lowest BCUT2D eigenvalue weighted by atomic mass is 10.1. The minimum Gasteiger partial charge on any atom is -0.356 e. The second-order valence-corrected chi connectivity index (χ2v) is 3.93. The van der Waals surface area contributed by atoms with Gasteiger partial charge in [0, 0.05) is 19.0 Å². The lowest BCUT2D eigenvalue weighted by Gasteiger charge is -2.06. The fourth-order valence-electron chi connectivity index (χ4n) is 1.24. The van der Waals surface area contributed by atoms with Gasteiger partial charge >= 0.3 is 0 Å². The van der Waals surface area contributed by atoms with E-state index in [1.54, 1.807) is 0 Å². The molecule has 3 N–H and O–H groups in total. The number of rotatable bonds is 8. The maximum absolute atomic E-state index is 11.2. The molecule has 0 bridgehead atoms. The number of carbonyl (C=O) groups is 1.